The van der Waals surface area contributed by atoms with Gasteiger partial charge in [0.05, 0.1) is 5.56 Å². The summed E-state index contributed by atoms with van der Waals surface area (Å²) in [6, 6.07) is 2.81. The van der Waals surface area contributed by atoms with Gasteiger partial charge >= 0.3 is 0 Å². The lowest BCUT2D eigenvalue weighted by atomic mass is 10.2. The molecule has 0 aliphatic rings. The van der Waals surface area contributed by atoms with Gasteiger partial charge in [0.2, 0.25) is 0 Å². The van der Waals surface area contributed by atoms with E-state index in [1.165, 1.54) is 0 Å². The number of amides is 1. The van der Waals surface area contributed by atoms with Crippen molar-refractivity contribution in [1.82, 2.24) is 5.32 Å². The predicted octanol–water partition coefficient (Wildman–Crippen LogP) is 2.87. The topological polar surface area (TPSA) is 29.1 Å². The van der Waals surface area contributed by atoms with Gasteiger partial charge in [0.1, 0.15) is 11.6 Å². The molecule has 1 unspecified atom stereocenters. The van der Waals surface area contributed by atoms with Gasteiger partial charge in [-0.1, -0.05) is 22.9 Å². The van der Waals surface area contributed by atoms with Crippen LogP contribution in [0.3, 0.4) is 0 Å². The summed E-state index contributed by atoms with van der Waals surface area (Å²) < 4.78 is 26.0. The van der Waals surface area contributed by atoms with Crippen LogP contribution in [0.1, 0.15) is 23.7 Å². The number of carbonyl (C=O) groups excluding carboxylic acids is 1. The van der Waals surface area contributed by atoms with Gasteiger partial charge < -0.3 is 5.32 Å². The normalized spacial score (nSPS) is 12.2. The second kappa shape index (κ2) is 5.94. The molecular weight excluding hydrogens is 280 g/mol. The molecule has 0 spiro atoms. The third kappa shape index (κ3) is 3.89. The molecule has 1 N–H and O–H groups in total. The third-order valence-corrected chi connectivity index (χ3v) is 2.46. The molecular formula is C11H12BrF2NO. The van der Waals surface area contributed by atoms with E-state index in [1.54, 1.807) is 0 Å². The Morgan fingerprint density at radius 1 is 1.50 bits per heavy atom. The van der Waals surface area contributed by atoms with Crippen molar-refractivity contribution in [2.75, 3.05) is 6.54 Å². The molecule has 88 valence electrons. The van der Waals surface area contributed by atoms with Crippen LogP contribution in [-0.2, 0) is 0 Å². The van der Waals surface area contributed by atoms with Gasteiger partial charge in [0.25, 0.3) is 5.91 Å². The van der Waals surface area contributed by atoms with Gasteiger partial charge in [-0.2, -0.15) is 0 Å². The first-order chi connectivity index (χ1) is 7.50. The standard InChI is InChI=1S/C11H12BrF2NO/c1-7(12)4-5-15-11(16)9-6-8(13)2-3-10(9)14/h2-3,6-7H,4-5H2,1H3,(H,15,16). The molecule has 1 rings (SSSR count). The zero-order valence-electron chi connectivity index (χ0n) is 8.77. The van der Waals surface area contributed by atoms with Gasteiger partial charge in [-0.25, -0.2) is 8.78 Å². The quantitative estimate of drug-likeness (QED) is 0.849. The number of alkyl halides is 1. The fraction of sp³-hybridized carbons (Fsp3) is 0.364. The van der Waals surface area contributed by atoms with Crippen LogP contribution in [-0.4, -0.2) is 17.3 Å². The Morgan fingerprint density at radius 2 is 2.19 bits per heavy atom. The van der Waals surface area contributed by atoms with Crippen LogP contribution in [0, 0.1) is 11.6 Å². The smallest absolute Gasteiger partial charge is 0.254 e. The molecule has 1 aromatic rings. The van der Waals surface area contributed by atoms with Crippen LogP contribution in [0.5, 0.6) is 0 Å². The minimum Gasteiger partial charge on any atom is -0.352 e. The number of carbonyl (C=O) groups is 1. The molecule has 16 heavy (non-hydrogen) atoms. The number of hydrogen-bond donors (Lipinski definition) is 1. The lowest BCUT2D eigenvalue weighted by Gasteiger charge is -2.07. The van der Waals surface area contributed by atoms with Crippen molar-refractivity contribution in [1.29, 1.82) is 0 Å². The van der Waals surface area contributed by atoms with Crippen molar-refractivity contribution in [3.63, 3.8) is 0 Å². The van der Waals surface area contributed by atoms with E-state index in [0.717, 1.165) is 24.6 Å². The summed E-state index contributed by atoms with van der Waals surface area (Å²) >= 11 is 3.32. The SMILES string of the molecule is CC(Br)CCNC(=O)c1cc(F)ccc1F. The average Bonchev–Trinajstić information content (AvgIpc) is 2.21. The van der Waals surface area contributed by atoms with Crippen LogP contribution in [0.4, 0.5) is 8.78 Å². The lowest BCUT2D eigenvalue weighted by Crippen LogP contribution is -2.26. The Labute approximate surface area is 101 Å². The lowest BCUT2D eigenvalue weighted by molar-refractivity contribution is 0.0949. The first-order valence-electron chi connectivity index (χ1n) is 4.88. The monoisotopic (exact) mass is 291 g/mol. The minimum absolute atomic E-state index is 0.262. The van der Waals surface area contributed by atoms with Crippen molar-refractivity contribution < 1.29 is 13.6 Å². The van der Waals surface area contributed by atoms with E-state index in [2.05, 4.69) is 21.2 Å². The molecule has 0 bridgehead atoms. The molecule has 0 heterocycles. The molecule has 0 fully saturated rings. The molecule has 0 aliphatic heterocycles. The van der Waals surface area contributed by atoms with Gasteiger partial charge in [0, 0.05) is 11.4 Å². The van der Waals surface area contributed by atoms with Crippen LogP contribution in [0.15, 0.2) is 18.2 Å². The highest BCUT2D eigenvalue weighted by Gasteiger charge is 2.12. The van der Waals surface area contributed by atoms with Gasteiger partial charge in [-0.05, 0) is 24.6 Å². The molecule has 1 atom stereocenters. The second-order valence-electron chi connectivity index (χ2n) is 3.45. The number of benzene rings is 1. The Kier molecular flexibility index (Phi) is 4.86. The zero-order chi connectivity index (χ0) is 12.1. The van der Waals surface area contributed by atoms with Crippen LogP contribution in [0.2, 0.25) is 0 Å². The van der Waals surface area contributed by atoms with Crippen LogP contribution >= 0.6 is 15.9 Å². The predicted molar refractivity (Wildman–Crippen MR) is 61.7 cm³/mol. The number of nitrogens with one attached hydrogen (secondary N) is 1. The van der Waals surface area contributed by atoms with Crippen molar-refractivity contribution in [2.24, 2.45) is 0 Å². The Morgan fingerprint density at radius 3 is 2.81 bits per heavy atom. The van der Waals surface area contributed by atoms with E-state index in [-0.39, 0.29) is 10.4 Å². The number of hydrogen-bond acceptors (Lipinski definition) is 1. The summed E-state index contributed by atoms with van der Waals surface area (Å²) in [4.78, 5) is 11.7. The van der Waals surface area contributed by atoms with E-state index < -0.39 is 17.5 Å². The Bertz CT molecular complexity index is 382. The van der Waals surface area contributed by atoms with E-state index >= 15 is 0 Å². The van der Waals surface area contributed by atoms with Gasteiger partial charge in [-0.3, -0.25) is 4.79 Å². The fourth-order valence-electron chi connectivity index (χ4n) is 1.15. The molecule has 0 saturated carbocycles. The Balaban J connectivity index is 2.62. The first kappa shape index (κ1) is 13.1. The second-order valence-corrected chi connectivity index (χ2v) is 5.01. The van der Waals surface area contributed by atoms with Crippen molar-refractivity contribution in [2.45, 2.75) is 18.2 Å². The maximum Gasteiger partial charge on any atom is 0.254 e. The van der Waals surface area contributed by atoms with Crippen LogP contribution in [0.25, 0.3) is 0 Å². The average molecular weight is 292 g/mol. The maximum absolute atomic E-state index is 13.2. The number of rotatable bonds is 4. The summed E-state index contributed by atoms with van der Waals surface area (Å²) in [6.07, 6.45) is 0.725. The first-order valence-corrected chi connectivity index (χ1v) is 5.79. The zero-order valence-corrected chi connectivity index (χ0v) is 10.4. The maximum atomic E-state index is 13.2. The van der Waals surface area contributed by atoms with Crippen molar-refractivity contribution in [3.8, 4) is 0 Å². The number of halogens is 3. The minimum atomic E-state index is -0.717. The molecule has 1 aromatic carbocycles. The van der Waals surface area contributed by atoms with Gasteiger partial charge in [0.15, 0.2) is 0 Å². The summed E-state index contributed by atoms with van der Waals surface area (Å²) in [5.74, 6) is -1.93. The highest BCUT2D eigenvalue weighted by molar-refractivity contribution is 9.09. The van der Waals surface area contributed by atoms with E-state index in [0.29, 0.717) is 6.54 Å². The van der Waals surface area contributed by atoms with E-state index in [9.17, 15) is 13.6 Å². The molecule has 1 amide bonds. The molecule has 0 aliphatic carbocycles. The Hall–Kier alpha value is -0.970. The van der Waals surface area contributed by atoms with Gasteiger partial charge in [-0.15, -0.1) is 0 Å². The molecule has 5 heteroatoms. The van der Waals surface area contributed by atoms with Crippen LogP contribution < -0.4 is 5.32 Å². The summed E-state index contributed by atoms with van der Waals surface area (Å²) in [7, 11) is 0. The fourth-order valence-corrected chi connectivity index (χ4v) is 1.38. The molecule has 2 nitrogen and oxygen atoms in total. The van der Waals surface area contributed by atoms with Crippen molar-refractivity contribution >= 4 is 21.8 Å². The summed E-state index contributed by atoms with van der Waals surface area (Å²) in [6.45, 7) is 2.36. The highest BCUT2D eigenvalue weighted by atomic mass is 79.9. The van der Waals surface area contributed by atoms with E-state index in [1.807, 2.05) is 6.92 Å². The molecule has 0 saturated heterocycles. The third-order valence-electron chi connectivity index (χ3n) is 2.00. The summed E-state index contributed by atoms with van der Waals surface area (Å²) in [5.41, 5.74) is -0.262. The molecule has 0 aromatic heterocycles. The van der Waals surface area contributed by atoms with E-state index in [4.69, 9.17) is 0 Å². The summed E-state index contributed by atoms with van der Waals surface area (Å²) in [5, 5.41) is 2.52. The largest absolute Gasteiger partial charge is 0.352 e. The van der Waals surface area contributed by atoms with Crippen molar-refractivity contribution in [3.05, 3.63) is 35.4 Å². The molecule has 0 radical (unpaired) electrons. The highest BCUT2D eigenvalue weighted by Crippen LogP contribution is 2.09.